The molecule has 2 atom stereocenters. The SMILES string of the molecule is CCC(C)C1C(=O)Nc2cc(C(=O)NCC(C)(C)CN)ccc2N1C(=O)c1ccc(Cl)cc1Cl. The van der Waals surface area contributed by atoms with Crippen LogP contribution in [0.1, 0.15) is 54.8 Å². The summed E-state index contributed by atoms with van der Waals surface area (Å²) in [5, 5.41) is 6.36. The van der Waals surface area contributed by atoms with Crippen LogP contribution in [0.4, 0.5) is 11.4 Å². The first kappa shape index (κ1) is 26.0. The highest BCUT2D eigenvalue weighted by atomic mass is 35.5. The maximum Gasteiger partial charge on any atom is 0.260 e. The molecule has 1 aliphatic heterocycles. The Morgan fingerprint density at radius 3 is 2.53 bits per heavy atom. The normalized spacial score (nSPS) is 16.5. The molecule has 2 aromatic rings. The molecule has 0 saturated heterocycles. The predicted molar refractivity (Wildman–Crippen MR) is 137 cm³/mol. The van der Waals surface area contributed by atoms with Crippen molar-refractivity contribution in [2.75, 3.05) is 23.3 Å². The van der Waals surface area contributed by atoms with Gasteiger partial charge in [-0.2, -0.15) is 0 Å². The lowest BCUT2D eigenvalue weighted by Gasteiger charge is -2.39. The van der Waals surface area contributed by atoms with Crippen LogP contribution in [0.25, 0.3) is 0 Å². The number of carbonyl (C=O) groups is 3. The highest BCUT2D eigenvalue weighted by molar-refractivity contribution is 6.37. The van der Waals surface area contributed by atoms with Crippen molar-refractivity contribution < 1.29 is 14.4 Å². The number of halogens is 2. The van der Waals surface area contributed by atoms with E-state index in [1.165, 1.54) is 11.0 Å². The molecule has 3 amide bonds. The second kappa shape index (κ2) is 10.3. The number of hydrogen-bond acceptors (Lipinski definition) is 4. The number of anilines is 2. The molecule has 0 radical (unpaired) electrons. The predicted octanol–water partition coefficient (Wildman–Crippen LogP) is 4.72. The van der Waals surface area contributed by atoms with Gasteiger partial charge in [0.15, 0.2) is 0 Å². The zero-order valence-corrected chi connectivity index (χ0v) is 21.3. The van der Waals surface area contributed by atoms with Crippen molar-refractivity contribution in [1.29, 1.82) is 0 Å². The number of fused-ring (bicyclic) bond motifs is 1. The highest BCUT2D eigenvalue weighted by Gasteiger charge is 2.40. The third-order valence-electron chi connectivity index (χ3n) is 6.17. The first-order chi connectivity index (χ1) is 16.0. The van der Waals surface area contributed by atoms with Crippen molar-refractivity contribution in [1.82, 2.24) is 5.32 Å². The van der Waals surface area contributed by atoms with Gasteiger partial charge in [0.1, 0.15) is 6.04 Å². The first-order valence-corrected chi connectivity index (χ1v) is 12.0. The summed E-state index contributed by atoms with van der Waals surface area (Å²) in [7, 11) is 0. The fraction of sp³-hybridized carbons (Fsp3) is 0.400. The fourth-order valence-electron chi connectivity index (χ4n) is 3.72. The topological polar surface area (TPSA) is 105 Å². The maximum atomic E-state index is 13.7. The van der Waals surface area contributed by atoms with Gasteiger partial charge in [0, 0.05) is 17.1 Å². The molecule has 182 valence electrons. The van der Waals surface area contributed by atoms with Gasteiger partial charge in [-0.05, 0) is 54.3 Å². The summed E-state index contributed by atoms with van der Waals surface area (Å²) in [4.78, 5) is 41.0. The van der Waals surface area contributed by atoms with Crippen molar-refractivity contribution >= 4 is 52.3 Å². The molecular weight excluding hydrogens is 475 g/mol. The van der Waals surface area contributed by atoms with Crippen molar-refractivity contribution in [3.63, 3.8) is 0 Å². The number of amides is 3. The third-order valence-corrected chi connectivity index (χ3v) is 6.71. The van der Waals surface area contributed by atoms with Gasteiger partial charge in [-0.1, -0.05) is 57.3 Å². The van der Waals surface area contributed by atoms with Gasteiger partial charge in [-0.25, -0.2) is 0 Å². The largest absolute Gasteiger partial charge is 0.351 e. The first-order valence-electron chi connectivity index (χ1n) is 11.2. The standard InChI is InChI=1S/C25H30Cl2N4O3/c1-5-14(2)21-23(33)30-19-10-15(22(32)29-13-25(3,4)12-28)6-9-20(19)31(21)24(34)17-8-7-16(26)11-18(17)27/h6-11,14,21H,5,12-13,28H2,1-4H3,(H,29,32)(H,30,33). The number of nitrogens with two attached hydrogens (primary N) is 1. The Morgan fingerprint density at radius 2 is 1.91 bits per heavy atom. The molecule has 2 aromatic carbocycles. The van der Waals surface area contributed by atoms with E-state index in [0.717, 1.165) is 0 Å². The van der Waals surface area contributed by atoms with Crippen molar-refractivity contribution in [3.05, 3.63) is 57.6 Å². The second-order valence-corrected chi connectivity index (χ2v) is 10.2. The smallest absolute Gasteiger partial charge is 0.260 e. The fourth-order valence-corrected chi connectivity index (χ4v) is 4.21. The minimum absolute atomic E-state index is 0.121. The van der Waals surface area contributed by atoms with Crippen molar-refractivity contribution in [2.45, 2.75) is 40.2 Å². The molecule has 4 N–H and O–H groups in total. The van der Waals surface area contributed by atoms with Gasteiger partial charge < -0.3 is 16.4 Å². The molecule has 1 heterocycles. The lowest BCUT2D eigenvalue weighted by molar-refractivity contribution is -0.118. The van der Waals surface area contributed by atoms with Crippen LogP contribution in [0, 0.1) is 11.3 Å². The summed E-state index contributed by atoms with van der Waals surface area (Å²) in [5.41, 5.74) is 6.99. The van der Waals surface area contributed by atoms with Gasteiger partial charge >= 0.3 is 0 Å². The Hall–Kier alpha value is -2.61. The Bertz CT molecular complexity index is 1120. The van der Waals surface area contributed by atoms with Crippen molar-refractivity contribution in [2.24, 2.45) is 17.1 Å². The average Bonchev–Trinajstić information content (AvgIpc) is 2.80. The molecule has 7 nitrogen and oxygen atoms in total. The van der Waals surface area contributed by atoms with Crippen molar-refractivity contribution in [3.8, 4) is 0 Å². The van der Waals surface area contributed by atoms with E-state index in [2.05, 4.69) is 10.6 Å². The van der Waals surface area contributed by atoms with Crippen LogP contribution in [-0.4, -0.2) is 36.9 Å². The number of benzene rings is 2. The van der Waals surface area contributed by atoms with Gasteiger partial charge in [0.25, 0.3) is 11.8 Å². The Kier molecular flexibility index (Phi) is 7.91. The monoisotopic (exact) mass is 504 g/mol. The van der Waals surface area contributed by atoms with E-state index < -0.39 is 11.9 Å². The third kappa shape index (κ3) is 5.37. The minimum atomic E-state index is -0.734. The van der Waals surface area contributed by atoms with E-state index in [0.29, 0.717) is 41.5 Å². The van der Waals surface area contributed by atoms with Gasteiger partial charge in [0.05, 0.1) is 22.0 Å². The molecule has 3 rings (SSSR count). The van der Waals surface area contributed by atoms with E-state index in [9.17, 15) is 14.4 Å². The average molecular weight is 505 g/mol. The van der Waals surface area contributed by atoms with E-state index in [1.807, 2.05) is 27.7 Å². The number of hydrogen-bond donors (Lipinski definition) is 3. The quantitative estimate of drug-likeness (QED) is 0.507. The molecule has 0 spiro atoms. The lowest BCUT2D eigenvalue weighted by atomic mass is 9.92. The molecule has 0 fully saturated rings. The summed E-state index contributed by atoms with van der Waals surface area (Å²) >= 11 is 12.3. The zero-order chi connectivity index (χ0) is 25.2. The van der Waals surface area contributed by atoms with E-state index in [-0.39, 0.29) is 33.7 Å². The second-order valence-electron chi connectivity index (χ2n) is 9.40. The molecule has 1 aliphatic rings. The zero-order valence-electron chi connectivity index (χ0n) is 19.7. The number of nitrogens with one attached hydrogen (secondary N) is 2. The number of nitrogens with zero attached hydrogens (tertiary/aromatic N) is 1. The van der Waals surface area contributed by atoms with E-state index >= 15 is 0 Å². The van der Waals surface area contributed by atoms with Crippen LogP contribution >= 0.6 is 23.2 Å². The van der Waals surface area contributed by atoms with Crippen LogP contribution in [0.2, 0.25) is 10.0 Å². The molecule has 34 heavy (non-hydrogen) atoms. The summed E-state index contributed by atoms with van der Waals surface area (Å²) in [6, 6.07) is 8.79. The van der Waals surface area contributed by atoms with Crippen LogP contribution in [0.5, 0.6) is 0 Å². The molecule has 0 aliphatic carbocycles. The summed E-state index contributed by atoms with van der Waals surface area (Å²) in [6.07, 6.45) is 0.683. The van der Waals surface area contributed by atoms with E-state index in [1.54, 1.807) is 30.3 Å². The molecule has 0 aromatic heterocycles. The van der Waals surface area contributed by atoms with Crippen LogP contribution in [-0.2, 0) is 4.79 Å². The van der Waals surface area contributed by atoms with Gasteiger partial charge in [-0.3, -0.25) is 19.3 Å². The van der Waals surface area contributed by atoms with E-state index in [4.69, 9.17) is 28.9 Å². The molecular formula is C25H30Cl2N4O3. The molecule has 0 saturated carbocycles. The van der Waals surface area contributed by atoms with Crippen LogP contribution in [0.3, 0.4) is 0 Å². The minimum Gasteiger partial charge on any atom is -0.351 e. The van der Waals surface area contributed by atoms with Gasteiger partial charge in [0.2, 0.25) is 5.91 Å². The van der Waals surface area contributed by atoms with Gasteiger partial charge in [-0.15, -0.1) is 0 Å². The van der Waals surface area contributed by atoms with Crippen LogP contribution in [0.15, 0.2) is 36.4 Å². The Morgan fingerprint density at radius 1 is 1.21 bits per heavy atom. The Labute approximate surface area is 210 Å². The summed E-state index contributed by atoms with van der Waals surface area (Å²) < 4.78 is 0. The Balaban J connectivity index is 2.02. The molecule has 2 unspecified atom stereocenters. The maximum absolute atomic E-state index is 13.7. The number of carbonyl (C=O) groups excluding carboxylic acids is 3. The summed E-state index contributed by atoms with van der Waals surface area (Å²) in [5.74, 6) is -1.14. The lowest BCUT2D eigenvalue weighted by Crippen LogP contribution is -2.54. The highest BCUT2D eigenvalue weighted by Crippen LogP contribution is 2.38. The summed E-state index contributed by atoms with van der Waals surface area (Å²) in [6.45, 7) is 8.62. The van der Waals surface area contributed by atoms with Crippen LogP contribution < -0.4 is 21.3 Å². The number of rotatable bonds is 7. The molecule has 0 bridgehead atoms. The molecule has 9 heteroatoms.